The normalized spacial score (nSPS) is 11.1. The average molecular weight is 215 g/mol. The van der Waals surface area contributed by atoms with Gasteiger partial charge in [0, 0.05) is 5.69 Å². The van der Waals surface area contributed by atoms with E-state index in [-0.39, 0.29) is 0 Å². The Balaban J connectivity index is 2.18. The van der Waals surface area contributed by atoms with Gasteiger partial charge in [0.1, 0.15) is 5.69 Å². The second-order valence-corrected chi connectivity index (χ2v) is 3.55. The van der Waals surface area contributed by atoms with Crippen LogP contribution in [0.1, 0.15) is 5.69 Å². The molecule has 3 rings (SSSR count). The number of nitrogens with zero attached hydrogens (tertiary/aromatic N) is 3. The Morgan fingerprint density at radius 3 is 2.94 bits per heavy atom. The minimum absolute atomic E-state index is 0.354. The standard InChI is InChI=1S/C10H9N5O/c1-5-4-8(14-13-5)7-3-2-6-9(11)15-16-10(6)12-7/h2-4H,1H3,(H2,11,15)(H,13,14). The number of nitrogen functional groups attached to an aromatic ring is 1. The Labute approximate surface area is 90.5 Å². The largest absolute Gasteiger partial charge is 0.380 e. The molecule has 0 bridgehead atoms. The second kappa shape index (κ2) is 3.06. The number of fused-ring (bicyclic) bond motifs is 1. The molecule has 0 amide bonds. The van der Waals surface area contributed by atoms with Crippen molar-refractivity contribution in [2.45, 2.75) is 6.92 Å². The molecule has 3 heterocycles. The maximum atomic E-state index is 5.60. The highest BCUT2D eigenvalue weighted by atomic mass is 16.5. The van der Waals surface area contributed by atoms with Crippen molar-refractivity contribution in [2.24, 2.45) is 0 Å². The molecule has 0 unspecified atom stereocenters. The van der Waals surface area contributed by atoms with E-state index in [1.54, 1.807) is 0 Å². The van der Waals surface area contributed by atoms with Crippen LogP contribution >= 0.6 is 0 Å². The van der Waals surface area contributed by atoms with E-state index in [0.29, 0.717) is 11.5 Å². The summed E-state index contributed by atoms with van der Waals surface area (Å²) in [6, 6.07) is 5.58. The molecule has 16 heavy (non-hydrogen) atoms. The van der Waals surface area contributed by atoms with Crippen LogP contribution in [0, 0.1) is 6.92 Å². The fourth-order valence-corrected chi connectivity index (χ4v) is 1.54. The van der Waals surface area contributed by atoms with Gasteiger partial charge in [0.2, 0.25) is 0 Å². The number of hydrogen-bond acceptors (Lipinski definition) is 5. The van der Waals surface area contributed by atoms with Crippen molar-refractivity contribution < 1.29 is 4.52 Å². The van der Waals surface area contributed by atoms with Gasteiger partial charge in [-0.2, -0.15) is 5.10 Å². The summed E-state index contributed by atoms with van der Waals surface area (Å²) in [5.74, 6) is 0.354. The van der Waals surface area contributed by atoms with Crippen molar-refractivity contribution in [1.29, 1.82) is 0 Å². The van der Waals surface area contributed by atoms with Crippen LogP contribution in [0.15, 0.2) is 22.7 Å². The third kappa shape index (κ3) is 1.23. The molecule has 3 aromatic heterocycles. The lowest BCUT2D eigenvalue weighted by Gasteiger charge is -1.93. The molecule has 0 radical (unpaired) electrons. The van der Waals surface area contributed by atoms with Gasteiger partial charge in [0.25, 0.3) is 5.71 Å². The lowest BCUT2D eigenvalue weighted by Crippen LogP contribution is -1.86. The summed E-state index contributed by atoms with van der Waals surface area (Å²) in [6.07, 6.45) is 0. The first-order chi connectivity index (χ1) is 7.74. The number of nitrogens with two attached hydrogens (primary N) is 1. The highest BCUT2D eigenvalue weighted by molar-refractivity contribution is 5.85. The van der Waals surface area contributed by atoms with Gasteiger partial charge in [0.15, 0.2) is 5.82 Å². The summed E-state index contributed by atoms with van der Waals surface area (Å²) in [4.78, 5) is 4.29. The number of aromatic amines is 1. The molecule has 3 N–H and O–H groups in total. The molecule has 0 saturated heterocycles. The molecule has 0 aromatic carbocycles. The molecule has 6 nitrogen and oxygen atoms in total. The third-order valence-corrected chi connectivity index (χ3v) is 2.34. The molecule has 0 aliphatic rings. The Morgan fingerprint density at radius 1 is 1.31 bits per heavy atom. The topological polar surface area (TPSA) is 93.6 Å². The molecule has 80 valence electrons. The zero-order valence-corrected chi connectivity index (χ0v) is 8.56. The van der Waals surface area contributed by atoms with Gasteiger partial charge in [-0.05, 0) is 25.1 Å². The second-order valence-electron chi connectivity index (χ2n) is 3.55. The molecule has 0 atom stereocenters. The van der Waals surface area contributed by atoms with Crippen molar-refractivity contribution in [3.05, 3.63) is 23.9 Å². The summed E-state index contributed by atoms with van der Waals surface area (Å²) in [7, 11) is 0. The maximum absolute atomic E-state index is 5.60. The van der Waals surface area contributed by atoms with Crippen molar-refractivity contribution in [1.82, 2.24) is 20.3 Å². The Bertz CT molecular complexity index is 654. The molecule has 0 aliphatic heterocycles. The minimum Gasteiger partial charge on any atom is -0.380 e. The van der Waals surface area contributed by atoms with E-state index in [1.165, 1.54) is 0 Å². The van der Waals surface area contributed by atoms with Crippen LogP contribution in [0.3, 0.4) is 0 Å². The van der Waals surface area contributed by atoms with E-state index in [1.807, 2.05) is 25.1 Å². The van der Waals surface area contributed by atoms with Gasteiger partial charge in [-0.1, -0.05) is 5.16 Å². The predicted octanol–water partition coefficient (Wildman–Crippen LogP) is 1.50. The highest BCUT2D eigenvalue weighted by Crippen LogP contribution is 2.22. The third-order valence-electron chi connectivity index (χ3n) is 2.34. The average Bonchev–Trinajstić information content (AvgIpc) is 2.86. The minimum atomic E-state index is 0.354. The summed E-state index contributed by atoms with van der Waals surface area (Å²) in [5.41, 5.74) is 8.51. The SMILES string of the molecule is Cc1cc(-c2ccc3c(N)noc3n2)n[nH]1. The van der Waals surface area contributed by atoms with E-state index < -0.39 is 0 Å². The first-order valence-electron chi connectivity index (χ1n) is 4.78. The van der Waals surface area contributed by atoms with E-state index in [9.17, 15) is 0 Å². The lowest BCUT2D eigenvalue weighted by atomic mass is 10.2. The molecule has 6 heteroatoms. The van der Waals surface area contributed by atoms with Crippen LogP contribution in [0.4, 0.5) is 5.82 Å². The smallest absolute Gasteiger partial charge is 0.260 e. The lowest BCUT2D eigenvalue weighted by molar-refractivity contribution is 0.453. The molecular formula is C10H9N5O. The highest BCUT2D eigenvalue weighted by Gasteiger charge is 2.09. The molecular weight excluding hydrogens is 206 g/mol. The van der Waals surface area contributed by atoms with Crippen molar-refractivity contribution >= 4 is 16.9 Å². The molecule has 0 fully saturated rings. The molecule has 0 saturated carbocycles. The van der Waals surface area contributed by atoms with Crippen molar-refractivity contribution in [3.8, 4) is 11.4 Å². The first kappa shape index (κ1) is 8.90. The number of hydrogen-bond donors (Lipinski definition) is 2. The van der Waals surface area contributed by atoms with Crippen LogP contribution in [0.25, 0.3) is 22.5 Å². The fourth-order valence-electron chi connectivity index (χ4n) is 1.54. The van der Waals surface area contributed by atoms with E-state index >= 15 is 0 Å². The Morgan fingerprint density at radius 2 is 2.19 bits per heavy atom. The number of nitrogens with one attached hydrogen (secondary N) is 1. The van der Waals surface area contributed by atoms with Crippen molar-refractivity contribution in [3.63, 3.8) is 0 Å². The van der Waals surface area contributed by atoms with Gasteiger partial charge < -0.3 is 10.3 Å². The van der Waals surface area contributed by atoms with E-state index in [0.717, 1.165) is 22.5 Å². The number of anilines is 1. The van der Waals surface area contributed by atoms with Gasteiger partial charge in [-0.25, -0.2) is 4.98 Å². The quantitative estimate of drug-likeness (QED) is 0.641. The first-order valence-corrected chi connectivity index (χ1v) is 4.78. The van der Waals surface area contributed by atoms with E-state index in [2.05, 4.69) is 20.3 Å². The van der Waals surface area contributed by atoms with Crippen LogP contribution < -0.4 is 5.73 Å². The van der Waals surface area contributed by atoms with Gasteiger partial charge >= 0.3 is 0 Å². The Hall–Kier alpha value is -2.37. The van der Waals surface area contributed by atoms with Gasteiger partial charge in [0.05, 0.1) is 11.1 Å². The summed E-state index contributed by atoms with van der Waals surface area (Å²) < 4.78 is 4.99. The van der Waals surface area contributed by atoms with E-state index in [4.69, 9.17) is 10.3 Å². The van der Waals surface area contributed by atoms with Crippen LogP contribution in [-0.2, 0) is 0 Å². The number of rotatable bonds is 1. The van der Waals surface area contributed by atoms with Gasteiger partial charge in [-0.15, -0.1) is 0 Å². The number of aromatic nitrogens is 4. The molecule has 0 aliphatic carbocycles. The zero-order chi connectivity index (χ0) is 11.1. The fraction of sp³-hybridized carbons (Fsp3) is 0.100. The molecule has 3 aromatic rings. The summed E-state index contributed by atoms with van der Waals surface area (Å²) >= 11 is 0. The predicted molar refractivity (Wildman–Crippen MR) is 58.5 cm³/mol. The summed E-state index contributed by atoms with van der Waals surface area (Å²) in [5, 5.41) is 11.3. The number of pyridine rings is 1. The van der Waals surface area contributed by atoms with Gasteiger partial charge in [-0.3, -0.25) is 5.10 Å². The Kier molecular flexibility index (Phi) is 1.70. The monoisotopic (exact) mass is 215 g/mol. The van der Waals surface area contributed by atoms with Crippen molar-refractivity contribution in [2.75, 3.05) is 5.73 Å². The van der Waals surface area contributed by atoms with Crippen LogP contribution in [0.5, 0.6) is 0 Å². The zero-order valence-electron chi connectivity index (χ0n) is 8.56. The molecule has 0 spiro atoms. The van der Waals surface area contributed by atoms with Crippen LogP contribution in [0.2, 0.25) is 0 Å². The number of H-pyrrole nitrogens is 1. The maximum Gasteiger partial charge on any atom is 0.260 e. The van der Waals surface area contributed by atoms with Crippen LogP contribution in [-0.4, -0.2) is 20.3 Å². The summed E-state index contributed by atoms with van der Waals surface area (Å²) in [6.45, 7) is 1.93. The number of aryl methyl sites for hydroxylation is 1.